The summed E-state index contributed by atoms with van der Waals surface area (Å²) in [6.07, 6.45) is 0. The Morgan fingerprint density at radius 2 is 1.39 bits per heavy atom. The van der Waals surface area contributed by atoms with E-state index >= 15 is 0 Å². The molecular weight excluding hydrogens is 224 g/mol. The molecule has 3 rings (SSSR count). The third kappa shape index (κ3) is 1.73. The normalized spacial score (nSPS) is 10.4. The summed E-state index contributed by atoms with van der Waals surface area (Å²) in [6.45, 7) is 0. The van der Waals surface area contributed by atoms with Crippen LogP contribution in [0.15, 0.2) is 60.7 Å². The molecule has 0 aliphatic rings. The summed E-state index contributed by atoms with van der Waals surface area (Å²) in [6, 6.07) is 19.7. The molecule has 18 heavy (non-hydrogen) atoms. The van der Waals surface area contributed by atoms with Crippen LogP contribution in [0.2, 0.25) is 0 Å². The molecule has 0 bridgehead atoms. The fourth-order valence-electron chi connectivity index (χ4n) is 1.90. The van der Waals surface area contributed by atoms with Gasteiger partial charge in [0.05, 0.1) is 5.69 Å². The molecule has 0 saturated heterocycles. The number of rotatable bonds is 2. The van der Waals surface area contributed by atoms with E-state index in [-0.39, 0.29) is 0 Å². The summed E-state index contributed by atoms with van der Waals surface area (Å²) in [4.78, 5) is 0. The fourth-order valence-corrected chi connectivity index (χ4v) is 1.90. The number of nitrogens with zero attached hydrogens (tertiary/aromatic N) is 3. The van der Waals surface area contributed by atoms with Crippen LogP contribution in [0.25, 0.3) is 17.1 Å². The molecule has 2 N–H and O–H groups in total. The zero-order valence-corrected chi connectivity index (χ0v) is 9.69. The van der Waals surface area contributed by atoms with E-state index < -0.39 is 0 Å². The summed E-state index contributed by atoms with van der Waals surface area (Å²) in [5.74, 6) is 1.14. The van der Waals surface area contributed by atoms with Gasteiger partial charge in [-0.2, -0.15) is 0 Å². The van der Waals surface area contributed by atoms with Crippen molar-refractivity contribution in [2.45, 2.75) is 0 Å². The zero-order chi connectivity index (χ0) is 12.4. The number of hydrogen-bond acceptors (Lipinski definition) is 3. The monoisotopic (exact) mass is 236 g/mol. The number of nitrogen functional groups attached to an aromatic ring is 1. The summed E-state index contributed by atoms with van der Waals surface area (Å²) in [7, 11) is 0. The molecule has 1 aromatic heterocycles. The fraction of sp³-hybridized carbons (Fsp3) is 0. The molecule has 0 radical (unpaired) electrons. The van der Waals surface area contributed by atoms with E-state index in [0.717, 1.165) is 17.1 Å². The second kappa shape index (κ2) is 4.33. The van der Waals surface area contributed by atoms with Gasteiger partial charge in [0, 0.05) is 5.56 Å². The topological polar surface area (TPSA) is 56.7 Å². The summed E-state index contributed by atoms with van der Waals surface area (Å²) >= 11 is 0. The van der Waals surface area contributed by atoms with E-state index in [1.54, 1.807) is 0 Å². The highest BCUT2D eigenvalue weighted by molar-refractivity contribution is 5.60. The quantitative estimate of drug-likeness (QED) is 0.743. The number of aromatic nitrogens is 3. The van der Waals surface area contributed by atoms with Crippen LogP contribution in [-0.2, 0) is 0 Å². The van der Waals surface area contributed by atoms with Crippen LogP contribution in [0.3, 0.4) is 0 Å². The maximum Gasteiger partial charge on any atom is 0.226 e. The molecule has 0 aliphatic carbocycles. The Balaban J connectivity index is 2.19. The van der Waals surface area contributed by atoms with Crippen LogP contribution in [-0.4, -0.2) is 14.8 Å². The van der Waals surface area contributed by atoms with Crippen LogP contribution in [0, 0.1) is 0 Å². The van der Waals surface area contributed by atoms with Crippen molar-refractivity contribution in [3.8, 4) is 17.1 Å². The van der Waals surface area contributed by atoms with Gasteiger partial charge < -0.3 is 5.73 Å². The second-order valence-corrected chi connectivity index (χ2v) is 3.92. The van der Waals surface area contributed by atoms with E-state index in [1.165, 1.54) is 0 Å². The predicted molar refractivity (Wildman–Crippen MR) is 71.2 cm³/mol. The Labute approximate surface area is 105 Å². The van der Waals surface area contributed by atoms with Gasteiger partial charge >= 0.3 is 0 Å². The Kier molecular flexibility index (Phi) is 2.53. The Morgan fingerprint density at radius 1 is 0.778 bits per heavy atom. The Bertz CT molecular complexity index is 644. The highest BCUT2D eigenvalue weighted by Crippen LogP contribution is 2.23. The lowest BCUT2D eigenvalue weighted by atomic mass is 10.2. The van der Waals surface area contributed by atoms with Gasteiger partial charge in [-0.1, -0.05) is 48.5 Å². The summed E-state index contributed by atoms with van der Waals surface area (Å²) in [5, 5.41) is 8.11. The highest BCUT2D eigenvalue weighted by Gasteiger charge is 2.12. The van der Waals surface area contributed by atoms with Gasteiger partial charge in [0.1, 0.15) is 0 Å². The van der Waals surface area contributed by atoms with Crippen LogP contribution in [0.1, 0.15) is 0 Å². The van der Waals surface area contributed by atoms with Crippen molar-refractivity contribution in [3.05, 3.63) is 60.7 Å². The third-order valence-corrected chi connectivity index (χ3v) is 2.73. The molecule has 88 valence electrons. The molecule has 3 aromatic rings. The van der Waals surface area contributed by atoms with Crippen LogP contribution < -0.4 is 5.73 Å². The van der Waals surface area contributed by atoms with E-state index in [1.807, 2.05) is 65.2 Å². The number of benzene rings is 2. The minimum absolute atomic E-state index is 0.389. The van der Waals surface area contributed by atoms with Crippen molar-refractivity contribution in [2.75, 3.05) is 5.73 Å². The van der Waals surface area contributed by atoms with Crippen molar-refractivity contribution < 1.29 is 0 Å². The van der Waals surface area contributed by atoms with Gasteiger partial charge in [-0.15, -0.1) is 10.2 Å². The van der Waals surface area contributed by atoms with Crippen molar-refractivity contribution in [2.24, 2.45) is 0 Å². The number of nitrogens with two attached hydrogens (primary N) is 1. The van der Waals surface area contributed by atoms with E-state index in [0.29, 0.717) is 5.95 Å². The molecule has 0 saturated carbocycles. The molecule has 0 unspecified atom stereocenters. The first-order chi connectivity index (χ1) is 8.86. The maximum atomic E-state index is 5.90. The van der Waals surface area contributed by atoms with Crippen LogP contribution >= 0.6 is 0 Å². The number of para-hydroxylation sites is 1. The van der Waals surface area contributed by atoms with Gasteiger partial charge in [0.2, 0.25) is 5.95 Å². The molecular formula is C14H12N4. The molecule has 0 atom stereocenters. The number of hydrogen-bond donors (Lipinski definition) is 1. The van der Waals surface area contributed by atoms with Crippen LogP contribution in [0.4, 0.5) is 5.95 Å². The van der Waals surface area contributed by atoms with Gasteiger partial charge in [-0.25, -0.2) is 0 Å². The maximum absolute atomic E-state index is 5.90. The molecule has 0 aliphatic heterocycles. The molecule has 1 heterocycles. The van der Waals surface area contributed by atoms with Gasteiger partial charge in [0.15, 0.2) is 5.82 Å². The van der Waals surface area contributed by atoms with Gasteiger partial charge in [-0.3, -0.25) is 4.57 Å². The lowest BCUT2D eigenvalue weighted by Crippen LogP contribution is -2.02. The lowest BCUT2D eigenvalue weighted by Gasteiger charge is -2.07. The lowest BCUT2D eigenvalue weighted by molar-refractivity contribution is 1.08. The van der Waals surface area contributed by atoms with Crippen LogP contribution in [0.5, 0.6) is 0 Å². The molecule has 0 amide bonds. The van der Waals surface area contributed by atoms with E-state index in [9.17, 15) is 0 Å². The van der Waals surface area contributed by atoms with E-state index in [2.05, 4.69) is 10.2 Å². The molecule has 2 aromatic carbocycles. The standard InChI is InChI=1S/C14H12N4/c15-14-17-16-13(11-7-3-1-4-8-11)18(14)12-9-5-2-6-10-12/h1-10H,(H2,15,17). The van der Waals surface area contributed by atoms with Gasteiger partial charge in [0.25, 0.3) is 0 Å². The first kappa shape index (κ1) is 10.5. The summed E-state index contributed by atoms with van der Waals surface area (Å²) in [5.41, 5.74) is 7.85. The summed E-state index contributed by atoms with van der Waals surface area (Å²) < 4.78 is 1.84. The first-order valence-electron chi connectivity index (χ1n) is 5.68. The molecule has 0 spiro atoms. The molecule has 0 fully saturated rings. The van der Waals surface area contributed by atoms with Crippen molar-refractivity contribution in [1.82, 2.24) is 14.8 Å². The van der Waals surface area contributed by atoms with Gasteiger partial charge in [-0.05, 0) is 12.1 Å². The van der Waals surface area contributed by atoms with Crippen molar-refractivity contribution in [1.29, 1.82) is 0 Å². The molecule has 4 heteroatoms. The minimum Gasteiger partial charge on any atom is -0.368 e. The Morgan fingerprint density at radius 3 is 2.06 bits per heavy atom. The van der Waals surface area contributed by atoms with Crippen molar-refractivity contribution in [3.63, 3.8) is 0 Å². The molecule has 4 nitrogen and oxygen atoms in total. The minimum atomic E-state index is 0.389. The van der Waals surface area contributed by atoms with Crippen molar-refractivity contribution >= 4 is 5.95 Å². The number of anilines is 1. The Hall–Kier alpha value is -2.62. The SMILES string of the molecule is Nc1nnc(-c2ccccc2)n1-c1ccccc1. The average molecular weight is 236 g/mol. The first-order valence-corrected chi connectivity index (χ1v) is 5.68. The highest BCUT2D eigenvalue weighted by atomic mass is 15.3. The van der Waals surface area contributed by atoms with E-state index in [4.69, 9.17) is 5.73 Å². The smallest absolute Gasteiger partial charge is 0.226 e. The predicted octanol–water partition coefficient (Wildman–Crippen LogP) is 2.52. The largest absolute Gasteiger partial charge is 0.368 e. The third-order valence-electron chi connectivity index (χ3n) is 2.73. The zero-order valence-electron chi connectivity index (χ0n) is 9.69. The second-order valence-electron chi connectivity index (χ2n) is 3.92. The average Bonchev–Trinajstić information content (AvgIpc) is 2.83.